The molecule has 0 atom stereocenters. The van der Waals surface area contributed by atoms with Crippen molar-refractivity contribution in [2.45, 2.75) is 0 Å². The highest BCUT2D eigenvalue weighted by molar-refractivity contribution is 9.11. The van der Waals surface area contributed by atoms with Crippen LogP contribution >= 0.6 is 67.0 Å². The molecule has 0 aliphatic carbocycles. The van der Waals surface area contributed by atoms with Gasteiger partial charge in [-0.25, -0.2) is 4.98 Å². The van der Waals surface area contributed by atoms with E-state index in [2.05, 4.69) is 47.5 Å². The van der Waals surface area contributed by atoms with Crippen LogP contribution in [0.25, 0.3) is 20.8 Å². The first-order valence-electron chi connectivity index (χ1n) is 9.16. The molecule has 2 N–H and O–H groups in total. The summed E-state index contributed by atoms with van der Waals surface area (Å²) in [7, 11) is 1.55. The number of amides is 1. The predicted molar refractivity (Wildman–Crippen MR) is 142 cm³/mol. The standard InChI is InChI=1S/C22H14Br2ClN3O2S2/c1-30-19-14(23)8-11(9-15(19)24)20(29)28-22(31)26-12-6-7-13(16(25)10-12)21-27-17-4-2-3-5-18(17)32-21/h2-10H,1H3,(H2,26,28,29,31). The average molecular weight is 612 g/mol. The lowest BCUT2D eigenvalue weighted by atomic mass is 10.2. The zero-order chi connectivity index (χ0) is 22.8. The third kappa shape index (κ3) is 4.97. The number of fused-ring (bicyclic) bond motifs is 1. The van der Waals surface area contributed by atoms with Crippen molar-refractivity contribution in [2.75, 3.05) is 12.4 Å². The van der Waals surface area contributed by atoms with Crippen LogP contribution in [-0.4, -0.2) is 23.1 Å². The Morgan fingerprint density at radius 3 is 2.50 bits per heavy atom. The number of nitrogens with zero attached hydrogens (tertiary/aromatic N) is 1. The van der Waals surface area contributed by atoms with E-state index in [-0.39, 0.29) is 11.0 Å². The van der Waals surface area contributed by atoms with Crippen molar-refractivity contribution < 1.29 is 9.53 Å². The Hall–Kier alpha value is -2.04. The van der Waals surface area contributed by atoms with Crippen molar-refractivity contribution in [1.29, 1.82) is 0 Å². The normalized spacial score (nSPS) is 10.8. The summed E-state index contributed by atoms with van der Waals surface area (Å²) in [5.41, 5.74) is 2.84. The van der Waals surface area contributed by atoms with Crippen LogP contribution in [0.2, 0.25) is 5.02 Å². The molecule has 10 heteroatoms. The van der Waals surface area contributed by atoms with Crippen LogP contribution < -0.4 is 15.4 Å². The molecule has 0 aliphatic rings. The number of para-hydroxylation sites is 1. The van der Waals surface area contributed by atoms with Gasteiger partial charge in [0, 0.05) is 16.8 Å². The molecule has 32 heavy (non-hydrogen) atoms. The van der Waals surface area contributed by atoms with Crippen LogP contribution in [0.4, 0.5) is 5.69 Å². The van der Waals surface area contributed by atoms with E-state index in [0.717, 1.165) is 20.8 Å². The number of thiocarbonyl (C=S) groups is 1. The number of rotatable bonds is 4. The summed E-state index contributed by atoms with van der Waals surface area (Å²) in [5, 5.41) is 7.19. The molecule has 4 rings (SSSR count). The number of nitrogens with one attached hydrogen (secondary N) is 2. The van der Waals surface area contributed by atoms with Gasteiger partial charge in [0.1, 0.15) is 10.8 Å². The van der Waals surface area contributed by atoms with Gasteiger partial charge in [-0.2, -0.15) is 0 Å². The number of carbonyl (C=O) groups is 1. The molecule has 0 saturated carbocycles. The van der Waals surface area contributed by atoms with E-state index in [9.17, 15) is 4.79 Å². The van der Waals surface area contributed by atoms with Crippen LogP contribution in [0, 0.1) is 0 Å². The minimum atomic E-state index is -0.358. The van der Waals surface area contributed by atoms with Crippen molar-refractivity contribution in [3.63, 3.8) is 0 Å². The number of thiazole rings is 1. The molecule has 1 aromatic heterocycles. The van der Waals surface area contributed by atoms with E-state index < -0.39 is 0 Å². The van der Waals surface area contributed by atoms with Crippen LogP contribution in [-0.2, 0) is 0 Å². The molecule has 0 fully saturated rings. The maximum Gasteiger partial charge on any atom is 0.257 e. The second kappa shape index (κ2) is 9.84. The first kappa shape index (κ1) is 23.1. The van der Waals surface area contributed by atoms with Gasteiger partial charge in [-0.05, 0) is 86.5 Å². The smallest absolute Gasteiger partial charge is 0.257 e. The topological polar surface area (TPSA) is 63.2 Å². The monoisotopic (exact) mass is 609 g/mol. The van der Waals surface area contributed by atoms with E-state index in [1.807, 2.05) is 36.4 Å². The number of aromatic nitrogens is 1. The first-order chi connectivity index (χ1) is 15.4. The number of halogens is 3. The molecular formula is C22H14Br2ClN3O2S2. The Labute approximate surface area is 215 Å². The van der Waals surface area contributed by atoms with Gasteiger partial charge in [0.2, 0.25) is 0 Å². The van der Waals surface area contributed by atoms with E-state index >= 15 is 0 Å². The summed E-state index contributed by atoms with van der Waals surface area (Å²) in [6.45, 7) is 0. The van der Waals surface area contributed by atoms with Crippen molar-refractivity contribution in [3.8, 4) is 16.3 Å². The number of carbonyl (C=O) groups excluding carboxylic acids is 1. The quantitative estimate of drug-likeness (QED) is 0.238. The van der Waals surface area contributed by atoms with E-state index in [1.165, 1.54) is 0 Å². The van der Waals surface area contributed by atoms with Crippen molar-refractivity contribution in [3.05, 3.63) is 74.1 Å². The Morgan fingerprint density at radius 2 is 1.84 bits per heavy atom. The zero-order valence-electron chi connectivity index (χ0n) is 16.4. The van der Waals surface area contributed by atoms with Crippen molar-refractivity contribution >= 4 is 93.9 Å². The molecule has 5 nitrogen and oxygen atoms in total. The molecule has 162 valence electrons. The second-order valence-electron chi connectivity index (χ2n) is 6.56. The highest BCUT2D eigenvalue weighted by atomic mass is 79.9. The maximum atomic E-state index is 12.6. The van der Waals surface area contributed by atoms with Crippen LogP contribution in [0.1, 0.15) is 10.4 Å². The number of hydrogen-bond acceptors (Lipinski definition) is 5. The number of anilines is 1. The van der Waals surface area contributed by atoms with Gasteiger partial charge in [-0.15, -0.1) is 11.3 Å². The Morgan fingerprint density at radius 1 is 1.12 bits per heavy atom. The fourth-order valence-corrected chi connectivity index (χ4v) is 6.03. The Kier molecular flexibility index (Phi) is 7.11. The van der Waals surface area contributed by atoms with Gasteiger partial charge in [0.15, 0.2) is 5.11 Å². The minimum Gasteiger partial charge on any atom is -0.494 e. The predicted octanol–water partition coefficient (Wildman–Crippen LogP) is 7.28. The van der Waals surface area contributed by atoms with E-state index in [0.29, 0.717) is 31.0 Å². The summed E-state index contributed by atoms with van der Waals surface area (Å²) in [5.74, 6) is 0.244. The Balaban J connectivity index is 1.46. The lowest BCUT2D eigenvalue weighted by Crippen LogP contribution is -2.34. The zero-order valence-corrected chi connectivity index (χ0v) is 22.0. The second-order valence-corrected chi connectivity index (χ2v) is 10.1. The molecule has 0 radical (unpaired) electrons. The molecule has 1 heterocycles. The van der Waals surface area contributed by atoms with Gasteiger partial charge < -0.3 is 10.1 Å². The number of methoxy groups -OCH3 is 1. The molecule has 0 aliphatic heterocycles. The number of ether oxygens (including phenoxy) is 1. The third-order valence-corrected chi connectivity index (χ3v) is 7.21. The van der Waals surface area contributed by atoms with Crippen molar-refractivity contribution in [1.82, 2.24) is 10.3 Å². The van der Waals surface area contributed by atoms with Crippen LogP contribution in [0.3, 0.4) is 0 Å². The molecule has 1 amide bonds. The van der Waals surface area contributed by atoms with Crippen LogP contribution in [0.15, 0.2) is 63.5 Å². The molecule has 0 spiro atoms. The van der Waals surface area contributed by atoms with Gasteiger partial charge in [0.05, 0.1) is 31.3 Å². The minimum absolute atomic E-state index is 0.155. The summed E-state index contributed by atoms with van der Waals surface area (Å²) >= 11 is 20.2. The molecular weight excluding hydrogens is 598 g/mol. The first-order valence-corrected chi connectivity index (χ1v) is 12.4. The van der Waals surface area contributed by atoms with Gasteiger partial charge in [0.25, 0.3) is 5.91 Å². The molecule has 3 aromatic carbocycles. The third-order valence-electron chi connectivity index (χ3n) is 4.44. The summed E-state index contributed by atoms with van der Waals surface area (Å²) in [6.07, 6.45) is 0. The van der Waals surface area contributed by atoms with E-state index in [4.69, 9.17) is 28.6 Å². The van der Waals surface area contributed by atoms with E-state index in [1.54, 1.807) is 36.6 Å². The lowest BCUT2D eigenvalue weighted by molar-refractivity contribution is 0.0977. The van der Waals surface area contributed by atoms with Crippen molar-refractivity contribution in [2.24, 2.45) is 0 Å². The number of benzene rings is 3. The molecule has 4 aromatic rings. The largest absolute Gasteiger partial charge is 0.494 e. The highest BCUT2D eigenvalue weighted by Crippen LogP contribution is 2.36. The molecule has 0 saturated heterocycles. The fraction of sp³-hybridized carbons (Fsp3) is 0.0455. The van der Waals surface area contributed by atoms with Gasteiger partial charge in [-0.3, -0.25) is 10.1 Å². The summed E-state index contributed by atoms with van der Waals surface area (Å²) in [6, 6.07) is 16.7. The Bertz CT molecular complexity index is 1300. The average Bonchev–Trinajstić information content (AvgIpc) is 3.17. The van der Waals surface area contributed by atoms with Gasteiger partial charge in [-0.1, -0.05) is 23.7 Å². The summed E-state index contributed by atoms with van der Waals surface area (Å²) < 4.78 is 7.66. The molecule has 0 unspecified atom stereocenters. The SMILES string of the molecule is COc1c(Br)cc(C(=O)NC(=S)Nc2ccc(-c3nc4ccccc4s3)c(Cl)c2)cc1Br. The summed E-state index contributed by atoms with van der Waals surface area (Å²) in [4.78, 5) is 17.2. The van der Waals surface area contributed by atoms with Gasteiger partial charge >= 0.3 is 0 Å². The molecule has 0 bridgehead atoms. The van der Waals surface area contributed by atoms with Crippen LogP contribution in [0.5, 0.6) is 5.75 Å². The fourth-order valence-electron chi connectivity index (χ4n) is 2.98. The highest BCUT2D eigenvalue weighted by Gasteiger charge is 2.15. The lowest BCUT2D eigenvalue weighted by Gasteiger charge is -2.12. The maximum absolute atomic E-state index is 12.6. The number of hydrogen-bond donors (Lipinski definition) is 2.